The summed E-state index contributed by atoms with van der Waals surface area (Å²) in [6.07, 6.45) is 4.44. The van der Waals surface area contributed by atoms with E-state index in [0.29, 0.717) is 18.2 Å². The zero-order valence-corrected chi connectivity index (χ0v) is 8.23. The van der Waals surface area contributed by atoms with Gasteiger partial charge in [-0.05, 0) is 25.7 Å². The highest BCUT2D eigenvalue weighted by molar-refractivity contribution is 6.18. The van der Waals surface area contributed by atoms with E-state index in [1.807, 2.05) is 6.92 Å². The molecule has 0 aromatic heterocycles. The second kappa shape index (κ2) is 4.70. The first-order valence-electron chi connectivity index (χ1n) is 4.57. The van der Waals surface area contributed by atoms with Crippen LogP contribution in [0, 0.1) is 5.92 Å². The van der Waals surface area contributed by atoms with Gasteiger partial charge in [0.1, 0.15) is 0 Å². The predicted molar refractivity (Wildman–Crippen MR) is 50.3 cm³/mol. The van der Waals surface area contributed by atoms with Crippen molar-refractivity contribution >= 4 is 17.5 Å². The Hall–Kier alpha value is -0.240. The lowest BCUT2D eigenvalue weighted by atomic mass is 9.83. The van der Waals surface area contributed by atoms with Crippen LogP contribution in [0.3, 0.4) is 0 Å². The summed E-state index contributed by atoms with van der Waals surface area (Å²) in [6.45, 7) is 1.92. The molecule has 1 aliphatic rings. The highest BCUT2D eigenvalue weighted by atomic mass is 35.5. The van der Waals surface area contributed by atoms with Crippen LogP contribution in [-0.2, 0) is 4.79 Å². The SMILES string of the molecule is CC(CCl)NC(=O)CC1CCC1. The maximum absolute atomic E-state index is 11.2. The summed E-state index contributed by atoms with van der Waals surface area (Å²) in [5, 5.41) is 2.86. The van der Waals surface area contributed by atoms with Crippen LogP contribution in [0.2, 0.25) is 0 Å². The van der Waals surface area contributed by atoms with Crippen LogP contribution in [0.15, 0.2) is 0 Å². The van der Waals surface area contributed by atoms with Crippen molar-refractivity contribution in [2.75, 3.05) is 5.88 Å². The zero-order chi connectivity index (χ0) is 8.97. The number of halogens is 1. The molecule has 1 saturated carbocycles. The quantitative estimate of drug-likeness (QED) is 0.673. The van der Waals surface area contributed by atoms with E-state index in [2.05, 4.69) is 5.32 Å². The summed E-state index contributed by atoms with van der Waals surface area (Å²) in [6, 6.07) is 0.110. The van der Waals surface area contributed by atoms with Gasteiger partial charge in [-0.3, -0.25) is 4.79 Å². The number of carbonyl (C=O) groups is 1. The van der Waals surface area contributed by atoms with Gasteiger partial charge in [-0.15, -0.1) is 11.6 Å². The van der Waals surface area contributed by atoms with Crippen LogP contribution in [0.4, 0.5) is 0 Å². The van der Waals surface area contributed by atoms with Gasteiger partial charge in [-0.25, -0.2) is 0 Å². The number of amides is 1. The number of carbonyl (C=O) groups excluding carboxylic acids is 1. The van der Waals surface area contributed by atoms with Crippen molar-refractivity contribution in [3.05, 3.63) is 0 Å². The van der Waals surface area contributed by atoms with Crippen LogP contribution < -0.4 is 5.32 Å². The second-order valence-electron chi connectivity index (χ2n) is 3.62. The van der Waals surface area contributed by atoms with E-state index in [-0.39, 0.29) is 11.9 Å². The van der Waals surface area contributed by atoms with Crippen molar-refractivity contribution in [2.24, 2.45) is 5.92 Å². The number of alkyl halides is 1. The molecule has 12 heavy (non-hydrogen) atoms. The van der Waals surface area contributed by atoms with E-state index < -0.39 is 0 Å². The second-order valence-corrected chi connectivity index (χ2v) is 3.93. The molecular weight excluding hydrogens is 174 g/mol. The summed E-state index contributed by atoms with van der Waals surface area (Å²) in [7, 11) is 0. The molecule has 1 fully saturated rings. The Balaban J connectivity index is 2.10. The fourth-order valence-corrected chi connectivity index (χ4v) is 1.41. The van der Waals surface area contributed by atoms with E-state index in [1.165, 1.54) is 19.3 Å². The van der Waals surface area contributed by atoms with Gasteiger partial charge in [0.2, 0.25) is 5.91 Å². The largest absolute Gasteiger partial charge is 0.352 e. The normalized spacial score (nSPS) is 19.8. The Morgan fingerprint density at radius 1 is 1.67 bits per heavy atom. The summed E-state index contributed by atoms with van der Waals surface area (Å²) in [5.74, 6) is 1.30. The Labute approximate surface area is 78.7 Å². The Morgan fingerprint density at radius 3 is 2.75 bits per heavy atom. The highest BCUT2D eigenvalue weighted by Crippen LogP contribution is 2.29. The molecule has 1 unspecified atom stereocenters. The molecule has 3 heteroatoms. The molecule has 0 bridgehead atoms. The van der Waals surface area contributed by atoms with E-state index in [0.717, 1.165) is 0 Å². The highest BCUT2D eigenvalue weighted by Gasteiger charge is 2.20. The van der Waals surface area contributed by atoms with E-state index >= 15 is 0 Å². The topological polar surface area (TPSA) is 29.1 Å². The number of hydrogen-bond acceptors (Lipinski definition) is 1. The summed E-state index contributed by atoms with van der Waals surface area (Å²) in [4.78, 5) is 11.2. The first kappa shape index (κ1) is 9.85. The maximum atomic E-state index is 11.2. The third-order valence-electron chi connectivity index (χ3n) is 2.34. The molecule has 1 atom stereocenters. The first-order chi connectivity index (χ1) is 5.72. The summed E-state index contributed by atoms with van der Waals surface area (Å²) >= 11 is 5.57. The molecule has 0 aliphatic heterocycles. The smallest absolute Gasteiger partial charge is 0.220 e. The van der Waals surface area contributed by atoms with Gasteiger partial charge < -0.3 is 5.32 Å². The summed E-state index contributed by atoms with van der Waals surface area (Å²) < 4.78 is 0. The summed E-state index contributed by atoms with van der Waals surface area (Å²) in [5.41, 5.74) is 0. The van der Waals surface area contributed by atoms with Crippen LogP contribution in [0.1, 0.15) is 32.6 Å². The minimum absolute atomic E-state index is 0.110. The first-order valence-corrected chi connectivity index (χ1v) is 5.11. The van der Waals surface area contributed by atoms with Gasteiger partial charge in [0.25, 0.3) is 0 Å². The van der Waals surface area contributed by atoms with Gasteiger partial charge >= 0.3 is 0 Å². The third kappa shape index (κ3) is 3.02. The molecule has 0 saturated heterocycles. The molecule has 0 heterocycles. The molecule has 0 aromatic rings. The van der Waals surface area contributed by atoms with Crippen molar-refractivity contribution in [3.8, 4) is 0 Å². The van der Waals surface area contributed by atoms with Gasteiger partial charge in [-0.2, -0.15) is 0 Å². The van der Waals surface area contributed by atoms with Gasteiger partial charge in [0.15, 0.2) is 0 Å². The van der Waals surface area contributed by atoms with Gasteiger partial charge in [0, 0.05) is 18.3 Å². The molecular formula is C9H16ClNO. The molecule has 70 valence electrons. The lowest BCUT2D eigenvalue weighted by molar-refractivity contribution is -0.123. The minimum Gasteiger partial charge on any atom is -0.352 e. The fraction of sp³-hybridized carbons (Fsp3) is 0.889. The van der Waals surface area contributed by atoms with Gasteiger partial charge in [-0.1, -0.05) is 6.42 Å². The minimum atomic E-state index is 0.110. The molecule has 1 aliphatic carbocycles. The predicted octanol–water partition coefficient (Wildman–Crippen LogP) is 1.92. The van der Waals surface area contributed by atoms with Crippen LogP contribution in [-0.4, -0.2) is 17.8 Å². The standard InChI is InChI=1S/C9H16ClNO/c1-7(6-10)11-9(12)5-8-3-2-4-8/h7-8H,2-6H2,1H3,(H,11,12). The van der Waals surface area contributed by atoms with Crippen LogP contribution in [0.25, 0.3) is 0 Å². The zero-order valence-electron chi connectivity index (χ0n) is 7.48. The molecule has 1 rings (SSSR count). The van der Waals surface area contributed by atoms with Crippen molar-refractivity contribution in [2.45, 2.75) is 38.6 Å². The average Bonchev–Trinajstić information content (AvgIpc) is 1.97. The Bertz CT molecular complexity index is 148. The Morgan fingerprint density at radius 2 is 2.33 bits per heavy atom. The van der Waals surface area contributed by atoms with Crippen molar-refractivity contribution in [3.63, 3.8) is 0 Å². The molecule has 2 nitrogen and oxygen atoms in total. The van der Waals surface area contributed by atoms with Crippen LogP contribution in [0.5, 0.6) is 0 Å². The number of rotatable bonds is 4. The van der Waals surface area contributed by atoms with E-state index in [4.69, 9.17) is 11.6 Å². The van der Waals surface area contributed by atoms with Crippen molar-refractivity contribution in [1.29, 1.82) is 0 Å². The van der Waals surface area contributed by atoms with Crippen molar-refractivity contribution < 1.29 is 4.79 Å². The lowest BCUT2D eigenvalue weighted by Crippen LogP contribution is -2.35. The van der Waals surface area contributed by atoms with E-state index in [9.17, 15) is 4.79 Å². The number of nitrogens with one attached hydrogen (secondary N) is 1. The molecule has 1 N–H and O–H groups in total. The fourth-order valence-electron chi connectivity index (χ4n) is 1.33. The third-order valence-corrected chi connectivity index (χ3v) is 2.80. The lowest BCUT2D eigenvalue weighted by Gasteiger charge is -2.25. The monoisotopic (exact) mass is 189 g/mol. The van der Waals surface area contributed by atoms with Gasteiger partial charge in [0.05, 0.1) is 0 Å². The average molecular weight is 190 g/mol. The maximum Gasteiger partial charge on any atom is 0.220 e. The van der Waals surface area contributed by atoms with E-state index in [1.54, 1.807) is 0 Å². The Kier molecular flexibility index (Phi) is 3.86. The van der Waals surface area contributed by atoms with Crippen LogP contribution >= 0.6 is 11.6 Å². The molecule has 0 spiro atoms. The molecule has 0 aromatic carbocycles. The molecule has 1 amide bonds. The number of hydrogen-bond donors (Lipinski definition) is 1. The molecule has 0 radical (unpaired) electrons. The van der Waals surface area contributed by atoms with Crippen molar-refractivity contribution in [1.82, 2.24) is 5.32 Å².